The molecule has 0 N–H and O–H groups in total. The van der Waals surface area contributed by atoms with Gasteiger partial charge in [-0.15, -0.1) is 12.6 Å². The number of hydrogen-bond acceptors (Lipinski definition) is 2. The van der Waals surface area contributed by atoms with Gasteiger partial charge in [0.15, 0.2) is 0 Å². The van der Waals surface area contributed by atoms with Crippen LogP contribution in [0.3, 0.4) is 0 Å². The molecule has 0 atom stereocenters. The predicted octanol–water partition coefficient (Wildman–Crippen LogP) is 7.40. The number of aryl methyl sites for hydroxylation is 1. The number of halogens is 2. The van der Waals surface area contributed by atoms with E-state index in [0.717, 1.165) is 48.6 Å². The van der Waals surface area contributed by atoms with E-state index in [1.807, 2.05) is 55.6 Å². The van der Waals surface area contributed by atoms with Crippen molar-refractivity contribution in [1.29, 1.82) is 0 Å². The third-order valence-corrected chi connectivity index (χ3v) is 5.67. The maximum atomic E-state index is 6.64. The third kappa shape index (κ3) is 3.84. The molecule has 0 spiro atoms. The molecule has 0 aliphatic carbocycles. The molecule has 1 heterocycles. The maximum Gasteiger partial charge on any atom is 0.0702 e. The van der Waals surface area contributed by atoms with Crippen LogP contribution in [0.1, 0.15) is 16.7 Å². The minimum Gasteiger partial charge on any atom is -0.256 e. The van der Waals surface area contributed by atoms with Crippen LogP contribution in [0.5, 0.6) is 0 Å². The molecule has 1 aromatic heterocycles. The second-order valence-corrected chi connectivity index (χ2v) is 7.95. The van der Waals surface area contributed by atoms with Crippen molar-refractivity contribution >= 4 is 46.7 Å². The third-order valence-electron chi connectivity index (χ3n) is 4.70. The molecule has 134 valence electrons. The van der Waals surface area contributed by atoms with Gasteiger partial charge in [-0.3, -0.25) is 4.98 Å². The van der Waals surface area contributed by atoms with Gasteiger partial charge in [0.1, 0.15) is 0 Å². The van der Waals surface area contributed by atoms with Crippen molar-refractivity contribution in [2.45, 2.75) is 18.2 Å². The summed E-state index contributed by atoms with van der Waals surface area (Å²) in [6, 6.07) is 20.2. The van der Waals surface area contributed by atoms with E-state index in [1.54, 1.807) is 0 Å². The first-order chi connectivity index (χ1) is 13.0. The monoisotopic (exact) mass is 409 g/mol. The van der Waals surface area contributed by atoms with Crippen LogP contribution in [0.4, 0.5) is 0 Å². The molecule has 0 saturated heterocycles. The summed E-state index contributed by atoms with van der Waals surface area (Å²) >= 11 is 17.4. The van der Waals surface area contributed by atoms with Crippen molar-refractivity contribution in [1.82, 2.24) is 4.98 Å². The Kier molecular flexibility index (Phi) is 5.14. The summed E-state index contributed by atoms with van der Waals surface area (Å²) in [4.78, 5) is 5.42. The van der Waals surface area contributed by atoms with Gasteiger partial charge in [-0.25, -0.2) is 0 Å². The zero-order valence-electron chi connectivity index (χ0n) is 14.7. The number of rotatable bonds is 3. The molecule has 3 aromatic carbocycles. The van der Waals surface area contributed by atoms with E-state index in [9.17, 15) is 0 Å². The number of nitrogens with zero attached hydrogens (tertiary/aromatic N) is 1. The van der Waals surface area contributed by atoms with Crippen molar-refractivity contribution in [3.63, 3.8) is 0 Å². The van der Waals surface area contributed by atoms with Gasteiger partial charge >= 0.3 is 0 Å². The van der Waals surface area contributed by atoms with E-state index < -0.39 is 0 Å². The summed E-state index contributed by atoms with van der Waals surface area (Å²) in [6.45, 7) is 2.04. The van der Waals surface area contributed by atoms with Gasteiger partial charge in [0, 0.05) is 32.9 Å². The Labute approximate surface area is 174 Å². The Hall–Kier alpha value is -2.00. The lowest BCUT2D eigenvalue weighted by Crippen LogP contribution is -1.95. The maximum absolute atomic E-state index is 6.64. The Morgan fingerprint density at radius 3 is 2.56 bits per heavy atom. The van der Waals surface area contributed by atoms with Crippen LogP contribution in [-0.4, -0.2) is 4.98 Å². The van der Waals surface area contributed by atoms with Gasteiger partial charge in [-0.1, -0.05) is 47.5 Å². The fraction of sp³-hybridized carbons (Fsp3) is 0.0870. The normalized spacial score (nSPS) is 11.1. The van der Waals surface area contributed by atoms with Crippen LogP contribution in [-0.2, 0) is 6.42 Å². The second-order valence-electron chi connectivity index (χ2n) is 6.63. The lowest BCUT2D eigenvalue weighted by Gasteiger charge is -2.13. The fourth-order valence-corrected chi connectivity index (χ4v) is 4.24. The van der Waals surface area contributed by atoms with Crippen LogP contribution >= 0.6 is 35.8 Å². The number of thiol groups is 1. The molecule has 0 aliphatic heterocycles. The van der Waals surface area contributed by atoms with Crippen molar-refractivity contribution in [2.75, 3.05) is 0 Å². The SMILES string of the molecule is Cc1cc(Cl)ccc1-c1cc(S)c(Cc2cnc3ccccc3c2)c(Cl)c1. The molecule has 1 nitrogen and oxygen atoms in total. The molecule has 0 aliphatic rings. The number of pyridine rings is 1. The van der Waals surface area contributed by atoms with Gasteiger partial charge in [0.25, 0.3) is 0 Å². The van der Waals surface area contributed by atoms with Crippen LogP contribution in [0, 0.1) is 6.92 Å². The fourth-order valence-electron chi connectivity index (χ4n) is 3.32. The molecule has 0 unspecified atom stereocenters. The Balaban J connectivity index is 1.71. The summed E-state index contributed by atoms with van der Waals surface area (Å²) in [5, 5.41) is 2.56. The summed E-state index contributed by atoms with van der Waals surface area (Å²) in [5.41, 5.74) is 6.37. The summed E-state index contributed by atoms with van der Waals surface area (Å²) in [6.07, 6.45) is 2.60. The standard InChI is InChI=1S/C23H17Cl2NS/c1-14-8-18(24)6-7-19(14)17-11-21(25)20(23(27)12-17)10-15-9-16-4-2-3-5-22(16)26-13-15/h2-9,11-13,27H,10H2,1H3. The Morgan fingerprint density at radius 2 is 1.78 bits per heavy atom. The zero-order chi connectivity index (χ0) is 19.0. The van der Waals surface area contributed by atoms with Crippen molar-refractivity contribution < 1.29 is 0 Å². The molecule has 4 rings (SSSR count). The minimum absolute atomic E-state index is 0.690. The van der Waals surface area contributed by atoms with Gasteiger partial charge in [-0.2, -0.15) is 0 Å². The first kappa shape index (κ1) is 18.4. The molecule has 0 radical (unpaired) electrons. The quantitative estimate of drug-likeness (QED) is 0.347. The smallest absolute Gasteiger partial charge is 0.0702 e. The number of hydrogen-bond donors (Lipinski definition) is 1. The first-order valence-electron chi connectivity index (χ1n) is 8.63. The van der Waals surface area contributed by atoms with E-state index >= 15 is 0 Å². The highest BCUT2D eigenvalue weighted by molar-refractivity contribution is 7.80. The summed E-state index contributed by atoms with van der Waals surface area (Å²) in [5.74, 6) is 0. The molecule has 0 amide bonds. The average molecular weight is 410 g/mol. The lowest BCUT2D eigenvalue weighted by molar-refractivity contribution is 1.12. The van der Waals surface area contributed by atoms with E-state index in [0.29, 0.717) is 11.4 Å². The second kappa shape index (κ2) is 7.55. The molecule has 0 bridgehead atoms. The van der Waals surface area contributed by atoms with Crippen LogP contribution < -0.4 is 0 Å². The highest BCUT2D eigenvalue weighted by Crippen LogP contribution is 2.34. The van der Waals surface area contributed by atoms with Crippen LogP contribution in [0.15, 0.2) is 71.8 Å². The summed E-state index contributed by atoms with van der Waals surface area (Å²) < 4.78 is 0. The number of para-hydroxylation sites is 1. The molecule has 0 saturated carbocycles. The lowest BCUT2D eigenvalue weighted by atomic mass is 9.97. The molecule has 4 aromatic rings. The van der Waals surface area contributed by atoms with E-state index in [-0.39, 0.29) is 0 Å². The van der Waals surface area contributed by atoms with Gasteiger partial charge < -0.3 is 0 Å². The highest BCUT2D eigenvalue weighted by atomic mass is 35.5. The van der Waals surface area contributed by atoms with Gasteiger partial charge in [-0.05, 0) is 71.1 Å². The van der Waals surface area contributed by atoms with Gasteiger partial charge in [0.05, 0.1) is 5.52 Å². The average Bonchev–Trinajstić information content (AvgIpc) is 2.64. The number of fused-ring (bicyclic) bond motifs is 1. The highest BCUT2D eigenvalue weighted by Gasteiger charge is 2.12. The first-order valence-corrected chi connectivity index (χ1v) is 9.83. The van der Waals surface area contributed by atoms with Gasteiger partial charge in [0.2, 0.25) is 0 Å². The van der Waals surface area contributed by atoms with Crippen molar-refractivity contribution in [2.24, 2.45) is 0 Å². The molecule has 0 fully saturated rings. The Morgan fingerprint density at radius 1 is 0.963 bits per heavy atom. The van der Waals surface area contributed by atoms with Crippen LogP contribution in [0.2, 0.25) is 10.0 Å². The minimum atomic E-state index is 0.690. The largest absolute Gasteiger partial charge is 0.256 e. The van der Waals surface area contributed by atoms with Crippen molar-refractivity contribution in [3.8, 4) is 11.1 Å². The Bertz CT molecular complexity index is 1130. The molecule has 4 heteroatoms. The van der Waals surface area contributed by atoms with E-state index in [2.05, 4.69) is 23.2 Å². The van der Waals surface area contributed by atoms with Crippen molar-refractivity contribution in [3.05, 3.63) is 93.6 Å². The molecular weight excluding hydrogens is 393 g/mol. The van der Waals surface area contributed by atoms with E-state index in [1.165, 1.54) is 0 Å². The van der Waals surface area contributed by atoms with Crippen LogP contribution in [0.25, 0.3) is 22.0 Å². The summed E-state index contributed by atoms with van der Waals surface area (Å²) in [7, 11) is 0. The number of benzene rings is 3. The number of aromatic nitrogens is 1. The topological polar surface area (TPSA) is 12.9 Å². The predicted molar refractivity (Wildman–Crippen MR) is 118 cm³/mol. The zero-order valence-corrected chi connectivity index (χ0v) is 17.1. The molecule has 27 heavy (non-hydrogen) atoms. The van der Waals surface area contributed by atoms with E-state index in [4.69, 9.17) is 35.8 Å². The molecular formula is C23H17Cl2NS.